The average molecular weight is 332 g/mol. The summed E-state index contributed by atoms with van der Waals surface area (Å²) in [7, 11) is 0. The first-order valence-corrected chi connectivity index (χ1v) is 8.09. The van der Waals surface area contributed by atoms with Gasteiger partial charge in [0.1, 0.15) is 11.5 Å². The van der Waals surface area contributed by atoms with Gasteiger partial charge in [-0.1, -0.05) is 30.3 Å². The van der Waals surface area contributed by atoms with E-state index in [0.29, 0.717) is 19.5 Å². The molecule has 3 heterocycles. The molecule has 1 unspecified atom stereocenters. The molecule has 1 aromatic carbocycles. The zero-order chi connectivity index (χ0) is 16.7. The maximum atomic E-state index is 13.3. The van der Waals surface area contributed by atoms with Gasteiger partial charge in [0.15, 0.2) is 0 Å². The number of amides is 1. The molecular weight excluding hydrogens is 314 g/mol. The first-order valence-electron chi connectivity index (χ1n) is 8.09. The Labute approximate surface area is 138 Å². The van der Waals surface area contributed by atoms with Crippen molar-refractivity contribution in [3.05, 3.63) is 47.7 Å². The molecule has 126 valence electrons. The van der Waals surface area contributed by atoms with Crippen LogP contribution >= 0.6 is 0 Å². The second kappa shape index (κ2) is 5.70. The monoisotopic (exact) mass is 332 g/mol. The van der Waals surface area contributed by atoms with Crippen LogP contribution in [0, 0.1) is 0 Å². The van der Waals surface area contributed by atoms with Crippen molar-refractivity contribution in [3.63, 3.8) is 0 Å². The lowest BCUT2D eigenvalue weighted by Gasteiger charge is -2.28. The fraction of sp³-hybridized carbons (Fsp3) is 0.389. The van der Waals surface area contributed by atoms with Crippen LogP contribution in [-0.4, -0.2) is 35.9 Å². The Hall–Kier alpha value is -2.21. The van der Waals surface area contributed by atoms with Gasteiger partial charge in [-0.2, -0.15) is 0 Å². The summed E-state index contributed by atoms with van der Waals surface area (Å²) in [6.07, 6.45) is 0.253. The van der Waals surface area contributed by atoms with E-state index in [1.165, 1.54) is 0 Å². The fourth-order valence-corrected chi connectivity index (χ4v) is 3.36. The number of rotatable bonds is 2. The van der Waals surface area contributed by atoms with Gasteiger partial charge in [0.25, 0.3) is 5.92 Å². The Kier molecular flexibility index (Phi) is 3.64. The first kappa shape index (κ1) is 15.3. The molecular formula is C18H18F2N2O2. The van der Waals surface area contributed by atoms with Gasteiger partial charge in [-0.05, 0) is 18.1 Å². The molecule has 2 aliphatic rings. The Morgan fingerprint density at radius 1 is 1.29 bits per heavy atom. The predicted octanol–water partition coefficient (Wildman–Crippen LogP) is 2.83. The van der Waals surface area contributed by atoms with Gasteiger partial charge in [-0.3, -0.25) is 10.1 Å². The van der Waals surface area contributed by atoms with E-state index < -0.39 is 24.9 Å². The molecule has 1 atom stereocenters. The standard InChI is InChI=1S/C18H18F2N2O2/c19-18(20)9-14(21-11-18)17(23)22-7-6-13-8-15(24-16(13)10-22)12-4-2-1-3-5-12/h1-5,8,14,21H,6-7,9-11H2. The largest absolute Gasteiger partial charge is 0.459 e. The third kappa shape index (κ3) is 2.82. The lowest BCUT2D eigenvalue weighted by Crippen LogP contribution is -2.45. The van der Waals surface area contributed by atoms with E-state index in [1.807, 2.05) is 36.4 Å². The van der Waals surface area contributed by atoms with Crippen LogP contribution in [0.25, 0.3) is 11.3 Å². The number of fused-ring (bicyclic) bond motifs is 1. The second-order valence-corrected chi connectivity index (χ2v) is 6.43. The van der Waals surface area contributed by atoms with Gasteiger partial charge in [0.05, 0.1) is 19.1 Å². The Bertz CT molecular complexity index is 758. The molecule has 0 aliphatic carbocycles. The van der Waals surface area contributed by atoms with Crippen molar-refractivity contribution >= 4 is 5.91 Å². The normalized spacial score (nSPS) is 22.4. The summed E-state index contributed by atoms with van der Waals surface area (Å²) >= 11 is 0. The average Bonchev–Trinajstić information content (AvgIpc) is 3.17. The van der Waals surface area contributed by atoms with Crippen LogP contribution in [0.15, 0.2) is 40.8 Å². The molecule has 6 heteroatoms. The van der Waals surface area contributed by atoms with Crippen LogP contribution in [0.2, 0.25) is 0 Å². The van der Waals surface area contributed by atoms with Crippen molar-refractivity contribution in [1.82, 2.24) is 10.2 Å². The third-order valence-corrected chi connectivity index (χ3v) is 4.66. The van der Waals surface area contributed by atoms with E-state index >= 15 is 0 Å². The number of carbonyl (C=O) groups is 1. The van der Waals surface area contributed by atoms with Gasteiger partial charge in [-0.25, -0.2) is 8.78 Å². The smallest absolute Gasteiger partial charge is 0.262 e. The molecule has 0 saturated carbocycles. The van der Waals surface area contributed by atoms with Crippen molar-refractivity contribution in [2.75, 3.05) is 13.1 Å². The summed E-state index contributed by atoms with van der Waals surface area (Å²) in [5, 5.41) is 2.63. The summed E-state index contributed by atoms with van der Waals surface area (Å²) in [5.41, 5.74) is 2.07. The van der Waals surface area contributed by atoms with Crippen molar-refractivity contribution in [3.8, 4) is 11.3 Å². The molecule has 0 bridgehead atoms. The van der Waals surface area contributed by atoms with Crippen LogP contribution in [-0.2, 0) is 17.8 Å². The highest BCUT2D eigenvalue weighted by atomic mass is 19.3. The summed E-state index contributed by atoms with van der Waals surface area (Å²) in [6, 6.07) is 11.0. The number of alkyl halides is 2. The van der Waals surface area contributed by atoms with Crippen LogP contribution in [0.5, 0.6) is 0 Å². The lowest BCUT2D eigenvalue weighted by atomic mass is 10.1. The zero-order valence-corrected chi connectivity index (χ0v) is 13.1. The number of nitrogens with one attached hydrogen (secondary N) is 1. The lowest BCUT2D eigenvalue weighted by molar-refractivity contribution is -0.134. The number of nitrogens with zero attached hydrogens (tertiary/aromatic N) is 1. The summed E-state index contributed by atoms with van der Waals surface area (Å²) in [4.78, 5) is 14.1. The number of hydrogen-bond donors (Lipinski definition) is 1. The van der Waals surface area contributed by atoms with Crippen molar-refractivity contribution in [2.45, 2.75) is 31.4 Å². The Morgan fingerprint density at radius 3 is 2.79 bits per heavy atom. The van der Waals surface area contributed by atoms with Gasteiger partial charge >= 0.3 is 0 Å². The third-order valence-electron chi connectivity index (χ3n) is 4.66. The molecule has 1 fully saturated rings. The molecule has 1 aromatic heterocycles. The molecule has 1 saturated heterocycles. The van der Waals surface area contributed by atoms with Gasteiger partial charge < -0.3 is 9.32 Å². The summed E-state index contributed by atoms with van der Waals surface area (Å²) in [5.74, 6) is -1.54. The SMILES string of the molecule is O=C(C1CC(F)(F)CN1)N1CCc2cc(-c3ccccc3)oc2C1. The topological polar surface area (TPSA) is 45.5 Å². The van der Waals surface area contributed by atoms with Crippen LogP contribution < -0.4 is 5.32 Å². The van der Waals surface area contributed by atoms with Crippen molar-refractivity contribution < 1.29 is 18.0 Å². The minimum Gasteiger partial charge on any atom is -0.459 e. The second-order valence-electron chi connectivity index (χ2n) is 6.43. The number of hydrogen-bond acceptors (Lipinski definition) is 3. The number of furan rings is 1. The highest BCUT2D eigenvalue weighted by molar-refractivity contribution is 5.82. The Balaban J connectivity index is 1.50. The van der Waals surface area contributed by atoms with E-state index in [9.17, 15) is 13.6 Å². The molecule has 0 radical (unpaired) electrons. The van der Waals surface area contributed by atoms with E-state index in [-0.39, 0.29) is 5.91 Å². The number of halogens is 2. The molecule has 24 heavy (non-hydrogen) atoms. The van der Waals surface area contributed by atoms with Crippen LogP contribution in [0.4, 0.5) is 8.78 Å². The number of benzene rings is 1. The molecule has 1 amide bonds. The van der Waals surface area contributed by atoms with Crippen molar-refractivity contribution in [2.24, 2.45) is 0 Å². The predicted molar refractivity (Wildman–Crippen MR) is 84.6 cm³/mol. The van der Waals surface area contributed by atoms with E-state index in [2.05, 4.69) is 5.32 Å². The maximum absolute atomic E-state index is 13.3. The molecule has 1 N–H and O–H groups in total. The van der Waals surface area contributed by atoms with E-state index in [1.54, 1.807) is 4.90 Å². The maximum Gasteiger partial charge on any atom is 0.262 e. The van der Waals surface area contributed by atoms with Crippen LogP contribution in [0.1, 0.15) is 17.7 Å². The minimum absolute atomic E-state index is 0.268. The molecule has 4 rings (SSSR count). The number of carbonyl (C=O) groups excluding carboxylic acids is 1. The summed E-state index contributed by atoms with van der Waals surface area (Å²) < 4.78 is 32.5. The van der Waals surface area contributed by atoms with E-state index in [0.717, 1.165) is 22.6 Å². The molecule has 2 aromatic rings. The summed E-state index contributed by atoms with van der Waals surface area (Å²) in [6.45, 7) is 0.440. The van der Waals surface area contributed by atoms with Crippen LogP contribution in [0.3, 0.4) is 0 Å². The molecule has 0 spiro atoms. The van der Waals surface area contributed by atoms with Gasteiger partial charge in [0.2, 0.25) is 5.91 Å². The fourth-order valence-electron chi connectivity index (χ4n) is 3.36. The molecule has 4 nitrogen and oxygen atoms in total. The first-order chi connectivity index (χ1) is 11.5. The molecule has 2 aliphatic heterocycles. The quantitative estimate of drug-likeness (QED) is 0.920. The minimum atomic E-state index is -2.80. The zero-order valence-electron chi connectivity index (χ0n) is 13.1. The van der Waals surface area contributed by atoms with Gasteiger partial charge in [0, 0.05) is 18.5 Å². The van der Waals surface area contributed by atoms with Crippen molar-refractivity contribution in [1.29, 1.82) is 0 Å². The van der Waals surface area contributed by atoms with Gasteiger partial charge in [-0.15, -0.1) is 0 Å². The Morgan fingerprint density at radius 2 is 2.08 bits per heavy atom. The highest BCUT2D eigenvalue weighted by Crippen LogP contribution is 2.31. The van der Waals surface area contributed by atoms with E-state index in [4.69, 9.17) is 4.42 Å². The highest BCUT2D eigenvalue weighted by Gasteiger charge is 2.44.